The van der Waals surface area contributed by atoms with Crippen LogP contribution in [0.15, 0.2) is 0 Å². The molecule has 0 radical (unpaired) electrons. The summed E-state index contributed by atoms with van der Waals surface area (Å²) >= 11 is 10.4. The van der Waals surface area contributed by atoms with E-state index in [-0.39, 0.29) is 5.41 Å². The molecule has 0 aliphatic carbocycles. The van der Waals surface area contributed by atoms with Gasteiger partial charge < -0.3 is 4.74 Å². The molecule has 0 aromatic rings. The molecule has 0 unspecified atom stereocenters. The summed E-state index contributed by atoms with van der Waals surface area (Å²) in [6, 6.07) is 0. The lowest BCUT2D eigenvalue weighted by Crippen LogP contribution is -2.31. The maximum absolute atomic E-state index is 5.09. The van der Waals surface area contributed by atoms with E-state index in [1.807, 2.05) is 0 Å². The van der Waals surface area contributed by atoms with Crippen molar-refractivity contribution in [3.8, 4) is 0 Å². The molecule has 0 amide bonds. The van der Waals surface area contributed by atoms with Crippen LogP contribution in [-0.2, 0) is 4.74 Å². The second-order valence-corrected chi connectivity index (χ2v) is 4.02. The Hall–Kier alpha value is 1.40. The third-order valence-electron chi connectivity index (χ3n) is 1.30. The number of methoxy groups -OCH3 is 1. The van der Waals surface area contributed by atoms with E-state index < -0.39 is 0 Å². The lowest BCUT2D eigenvalue weighted by molar-refractivity contribution is 0.127. The number of rotatable bonds is 5. The van der Waals surface area contributed by atoms with Crippen LogP contribution in [0.2, 0.25) is 0 Å². The van der Waals surface area contributed by atoms with Crippen LogP contribution in [0.3, 0.4) is 0 Å². The predicted molar refractivity (Wildman–Crippen MR) is 55.7 cm³/mol. The summed E-state index contributed by atoms with van der Waals surface area (Å²) in [5.74, 6) is 0. The van der Waals surface area contributed by atoms with Crippen LogP contribution in [0, 0.1) is 5.41 Å². The van der Waals surface area contributed by atoms with Crippen LogP contribution in [0.5, 0.6) is 0 Å². The van der Waals surface area contributed by atoms with Crippen LogP contribution >= 0.6 is 47.8 Å². The molecule has 1 nitrogen and oxygen atoms in total. The van der Waals surface area contributed by atoms with Crippen LogP contribution in [0.25, 0.3) is 0 Å². The van der Waals surface area contributed by atoms with Gasteiger partial charge in [-0.1, -0.05) is 47.8 Å². The molecule has 0 atom stereocenters. The summed E-state index contributed by atoms with van der Waals surface area (Å²) in [6.45, 7) is 0.773. The Labute approximate surface area is 87.3 Å². The van der Waals surface area contributed by atoms with E-state index in [0.29, 0.717) is 0 Å². The van der Waals surface area contributed by atoms with E-state index in [9.17, 15) is 0 Å². The van der Waals surface area contributed by atoms with Crippen LogP contribution in [-0.4, -0.2) is 29.7 Å². The smallest absolute Gasteiger partial charge is 0.0542 e. The first-order valence-electron chi connectivity index (χ1n) is 2.91. The molecule has 0 saturated carbocycles. The zero-order valence-corrected chi connectivity index (χ0v) is 10.6. The van der Waals surface area contributed by atoms with E-state index in [2.05, 4.69) is 47.8 Å². The average molecular weight is 339 g/mol. The predicted octanol–water partition coefficient (Wildman–Crippen LogP) is 2.80. The molecule has 0 heterocycles. The molecule has 0 aliphatic heterocycles. The van der Waals surface area contributed by atoms with Crippen molar-refractivity contribution in [2.45, 2.75) is 0 Å². The van der Waals surface area contributed by atoms with Gasteiger partial charge in [-0.3, -0.25) is 0 Å². The topological polar surface area (TPSA) is 9.23 Å². The lowest BCUT2D eigenvalue weighted by Gasteiger charge is -2.26. The van der Waals surface area contributed by atoms with Gasteiger partial charge in [-0.25, -0.2) is 0 Å². The van der Waals surface area contributed by atoms with Crippen molar-refractivity contribution in [2.75, 3.05) is 29.7 Å². The maximum atomic E-state index is 5.09. The molecule has 0 saturated heterocycles. The molecule has 0 spiro atoms. The SMILES string of the molecule is COCC(CBr)(CBr)CBr. The van der Waals surface area contributed by atoms with Crippen molar-refractivity contribution in [1.29, 1.82) is 0 Å². The summed E-state index contributed by atoms with van der Waals surface area (Å²) in [5.41, 5.74) is 0.203. The van der Waals surface area contributed by atoms with E-state index in [1.54, 1.807) is 7.11 Å². The molecule has 4 heteroatoms. The number of ether oxygens (including phenoxy) is 1. The Balaban J connectivity index is 3.87. The minimum atomic E-state index is 0.203. The molecule has 0 aromatic heterocycles. The summed E-state index contributed by atoms with van der Waals surface area (Å²) in [4.78, 5) is 0. The highest BCUT2D eigenvalue weighted by molar-refractivity contribution is 9.10. The number of halogens is 3. The van der Waals surface area contributed by atoms with E-state index in [1.165, 1.54) is 0 Å². The average Bonchev–Trinajstić information content (AvgIpc) is 2.01. The van der Waals surface area contributed by atoms with Crippen LogP contribution in [0.1, 0.15) is 0 Å². The fourth-order valence-corrected chi connectivity index (χ4v) is 3.80. The van der Waals surface area contributed by atoms with Crippen molar-refractivity contribution >= 4 is 47.8 Å². The standard InChI is InChI=1S/C6H11Br3O/c1-10-5-6(2-7,3-8)4-9/h2-5H2,1H3. The highest BCUT2D eigenvalue weighted by Gasteiger charge is 2.26. The Morgan fingerprint density at radius 2 is 1.50 bits per heavy atom. The molecule has 0 bridgehead atoms. The number of hydrogen-bond acceptors (Lipinski definition) is 1. The molecular formula is C6H11Br3O. The largest absolute Gasteiger partial charge is 0.384 e. The van der Waals surface area contributed by atoms with Crippen molar-refractivity contribution in [3.63, 3.8) is 0 Å². The normalized spacial score (nSPS) is 12.0. The van der Waals surface area contributed by atoms with Gasteiger partial charge in [0.1, 0.15) is 0 Å². The first-order valence-corrected chi connectivity index (χ1v) is 6.28. The van der Waals surface area contributed by atoms with Gasteiger partial charge in [0.25, 0.3) is 0 Å². The van der Waals surface area contributed by atoms with Gasteiger partial charge in [0.2, 0.25) is 0 Å². The second-order valence-electron chi connectivity index (χ2n) is 2.33. The summed E-state index contributed by atoms with van der Waals surface area (Å²) < 4.78 is 5.09. The Morgan fingerprint density at radius 3 is 1.60 bits per heavy atom. The van der Waals surface area contributed by atoms with Crippen molar-refractivity contribution in [1.82, 2.24) is 0 Å². The number of alkyl halides is 3. The van der Waals surface area contributed by atoms with Gasteiger partial charge in [0, 0.05) is 28.5 Å². The molecule has 0 aromatic carbocycles. The van der Waals surface area contributed by atoms with E-state index in [0.717, 1.165) is 22.6 Å². The molecule has 0 rings (SSSR count). The van der Waals surface area contributed by atoms with Gasteiger partial charge in [0.15, 0.2) is 0 Å². The molecule has 0 fully saturated rings. The summed E-state index contributed by atoms with van der Waals surface area (Å²) in [7, 11) is 1.72. The number of hydrogen-bond donors (Lipinski definition) is 0. The third kappa shape index (κ3) is 3.20. The van der Waals surface area contributed by atoms with Crippen molar-refractivity contribution in [2.24, 2.45) is 5.41 Å². The molecule has 10 heavy (non-hydrogen) atoms. The quantitative estimate of drug-likeness (QED) is 0.700. The molecular weight excluding hydrogens is 328 g/mol. The fourth-order valence-electron chi connectivity index (χ4n) is 0.529. The fraction of sp³-hybridized carbons (Fsp3) is 1.00. The Kier molecular flexibility index (Phi) is 6.81. The highest BCUT2D eigenvalue weighted by Crippen LogP contribution is 2.25. The summed E-state index contributed by atoms with van der Waals surface area (Å²) in [6.07, 6.45) is 0. The van der Waals surface area contributed by atoms with Crippen LogP contribution in [0.4, 0.5) is 0 Å². The highest BCUT2D eigenvalue weighted by atomic mass is 79.9. The van der Waals surface area contributed by atoms with Crippen molar-refractivity contribution in [3.05, 3.63) is 0 Å². The van der Waals surface area contributed by atoms with Gasteiger partial charge in [0.05, 0.1) is 6.61 Å². The van der Waals surface area contributed by atoms with Crippen molar-refractivity contribution < 1.29 is 4.74 Å². The zero-order chi connectivity index (χ0) is 8.04. The van der Waals surface area contributed by atoms with E-state index in [4.69, 9.17) is 4.74 Å². The monoisotopic (exact) mass is 336 g/mol. The Bertz CT molecular complexity index is 74.8. The first-order chi connectivity index (χ1) is 4.74. The lowest BCUT2D eigenvalue weighted by atomic mass is 9.98. The van der Waals surface area contributed by atoms with Gasteiger partial charge in [-0.05, 0) is 0 Å². The minimum Gasteiger partial charge on any atom is -0.384 e. The molecule has 0 aliphatic rings. The zero-order valence-electron chi connectivity index (χ0n) is 5.87. The van der Waals surface area contributed by atoms with Gasteiger partial charge >= 0.3 is 0 Å². The first kappa shape index (κ1) is 11.4. The summed E-state index contributed by atoms with van der Waals surface area (Å²) in [5, 5.41) is 2.85. The molecule has 62 valence electrons. The molecule has 0 N–H and O–H groups in total. The second kappa shape index (κ2) is 5.98. The maximum Gasteiger partial charge on any atom is 0.0542 e. The minimum absolute atomic E-state index is 0.203. The van der Waals surface area contributed by atoms with E-state index >= 15 is 0 Å². The Morgan fingerprint density at radius 1 is 1.10 bits per heavy atom. The van der Waals surface area contributed by atoms with Gasteiger partial charge in [-0.2, -0.15) is 0 Å². The van der Waals surface area contributed by atoms with Crippen LogP contribution < -0.4 is 0 Å². The van der Waals surface area contributed by atoms with Gasteiger partial charge in [-0.15, -0.1) is 0 Å². The third-order valence-corrected chi connectivity index (χ3v) is 4.87.